The number of nitrogen functional groups attached to an aromatic ring is 1. The number of carbonyl (C=O) groups excluding carboxylic acids is 1. The van der Waals surface area contributed by atoms with Crippen molar-refractivity contribution >= 4 is 28.9 Å². The van der Waals surface area contributed by atoms with Crippen LogP contribution in [0.5, 0.6) is 5.75 Å². The number of carbonyl (C=O) groups is 1. The Morgan fingerprint density at radius 3 is 2.65 bits per heavy atom. The molecule has 0 spiro atoms. The highest BCUT2D eigenvalue weighted by molar-refractivity contribution is 6.30. The number of ether oxygens (including phenoxy) is 1. The predicted octanol–water partition coefficient (Wildman–Crippen LogP) is 3.49. The van der Waals surface area contributed by atoms with Gasteiger partial charge in [0.05, 0.1) is 12.8 Å². The van der Waals surface area contributed by atoms with E-state index in [1.807, 2.05) is 6.92 Å². The number of rotatable bonds is 3. The van der Waals surface area contributed by atoms with E-state index in [0.29, 0.717) is 22.0 Å². The number of aryl methyl sites for hydroxylation is 1. The number of amides is 1. The smallest absolute Gasteiger partial charge is 0.255 e. The van der Waals surface area contributed by atoms with Gasteiger partial charge in [0.15, 0.2) is 0 Å². The van der Waals surface area contributed by atoms with Crippen molar-refractivity contribution in [2.24, 2.45) is 0 Å². The number of halogens is 1. The topological polar surface area (TPSA) is 64.3 Å². The van der Waals surface area contributed by atoms with Crippen LogP contribution in [-0.2, 0) is 0 Å². The van der Waals surface area contributed by atoms with Crippen LogP contribution in [0, 0.1) is 6.92 Å². The van der Waals surface area contributed by atoms with Crippen LogP contribution in [0.3, 0.4) is 0 Å². The third-order valence-corrected chi connectivity index (χ3v) is 3.17. The Labute approximate surface area is 122 Å². The molecule has 2 aromatic rings. The van der Waals surface area contributed by atoms with Crippen molar-refractivity contribution < 1.29 is 9.53 Å². The zero-order valence-electron chi connectivity index (χ0n) is 11.2. The molecule has 2 aromatic carbocycles. The highest BCUT2D eigenvalue weighted by Gasteiger charge is 2.10. The lowest BCUT2D eigenvalue weighted by atomic mass is 10.1. The summed E-state index contributed by atoms with van der Waals surface area (Å²) >= 11 is 5.88. The molecule has 0 saturated heterocycles. The molecule has 0 aliphatic rings. The first-order valence-electron chi connectivity index (χ1n) is 6.02. The highest BCUT2D eigenvalue weighted by atomic mass is 35.5. The Kier molecular flexibility index (Phi) is 4.15. The van der Waals surface area contributed by atoms with Gasteiger partial charge in [-0.2, -0.15) is 0 Å². The number of benzene rings is 2. The average molecular weight is 291 g/mol. The summed E-state index contributed by atoms with van der Waals surface area (Å²) in [5.74, 6) is 0.249. The molecule has 20 heavy (non-hydrogen) atoms. The molecule has 0 aliphatic heterocycles. The molecule has 0 atom stereocenters. The highest BCUT2D eigenvalue weighted by Crippen LogP contribution is 2.24. The normalized spacial score (nSPS) is 10.2. The summed E-state index contributed by atoms with van der Waals surface area (Å²) in [5, 5.41) is 3.46. The molecular weight excluding hydrogens is 276 g/mol. The molecule has 4 nitrogen and oxygen atoms in total. The number of anilines is 2. The van der Waals surface area contributed by atoms with Gasteiger partial charge in [-0.05, 0) is 48.9 Å². The second-order valence-corrected chi connectivity index (χ2v) is 4.81. The van der Waals surface area contributed by atoms with Gasteiger partial charge in [-0.25, -0.2) is 0 Å². The largest absolute Gasteiger partial charge is 0.495 e. The summed E-state index contributed by atoms with van der Waals surface area (Å²) in [6.07, 6.45) is 0. The Morgan fingerprint density at radius 2 is 2.00 bits per heavy atom. The van der Waals surface area contributed by atoms with E-state index in [9.17, 15) is 4.79 Å². The monoisotopic (exact) mass is 290 g/mol. The second-order valence-electron chi connectivity index (χ2n) is 4.37. The summed E-state index contributed by atoms with van der Waals surface area (Å²) in [6, 6.07) is 10.2. The van der Waals surface area contributed by atoms with E-state index < -0.39 is 0 Å². The maximum atomic E-state index is 12.2. The van der Waals surface area contributed by atoms with Crippen molar-refractivity contribution in [1.82, 2.24) is 0 Å². The van der Waals surface area contributed by atoms with E-state index >= 15 is 0 Å². The molecule has 0 bridgehead atoms. The molecule has 0 saturated carbocycles. The van der Waals surface area contributed by atoms with Crippen molar-refractivity contribution in [3.63, 3.8) is 0 Å². The number of nitrogens with one attached hydrogen (secondary N) is 1. The average Bonchev–Trinajstić information content (AvgIpc) is 2.42. The van der Waals surface area contributed by atoms with Gasteiger partial charge >= 0.3 is 0 Å². The van der Waals surface area contributed by atoms with Gasteiger partial charge in [-0.15, -0.1) is 0 Å². The van der Waals surface area contributed by atoms with E-state index in [1.54, 1.807) is 36.4 Å². The fourth-order valence-corrected chi connectivity index (χ4v) is 2.04. The maximum absolute atomic E-state index is 12.2. The molecule has 5 heteroatoms. The minimum Gasteiger partial charge on any atom is -0.495 e. The summed E-state index contributed by atoms with van der Waals surface area (Å²) in [7, 11) is 1.51. The number of hydrogen-bond donors (Lipinski definition) is 2. The van der Waals surface area contributed by atoms with Crippen LogP contribution < -0.4 is 15.8 Å². The van der Waals surface area contributed by atoms with Crippen molar-refractivity contribution in [3.05, 3.63) is 52.5 Å². The van der Waals surface area contributed by atoms with Crippen LogP contribution >= 0.6 is 11.6 Å². The first kappa shape index (κ1) is 14.2. The molecule has 0 aliphatic carbocycles. The van der Waals surface area contributed by atoms with Gasteiger partial charge < -0.3 is 15.8 Å². The van der Waals surface area contributed by atoms with Gasteiger partial charge in [0, 0.05) is 16.3 Å². The quantitative estimate of drug-likeness (QED) is 0.851. The SMILES string of the molecule is COc1cc(C(=O)Nc2ccc(Cl)cc2C)ccc1N. The standard InChI is InChI=1S/C15H15ClN2O2/c1-9-7-11(16)4-6-13(9)18-15(19)10-3-5-12(17)14(8-10)20-2/h3-8H,17H2,1-2H3,(H,18,19). The van der Waals surface area contributed by atoms with E-state index in [1.165, 1.54) is 7.11 Å². The molecule has 0 radical (unpaired) electrons. The maximum Gasteiger partial charge on any atom is 0.255 e. The minimum atomic E-state index is -0.228. The Balaban J connectivity index is 2.24. The lowest BCUT2D eigenvalue weighted by Gasteiger charge is -2.10. The lowest BCUT2D eigenvalue weighted by Crippen LogP contribution is -2.13. The van der Waals surface area contributed by atoms with E-state index in [4.69, 9.17) is 22.1 Å². The fraction of sp³-hybridized carbons (Fsp3) is 0.133. The third-order valence-electron chi connectivity index (χ3n) is 2.93. The lowest BCUT2D eigenvalue weighted by molar-refractivity contribution is 0.102. The van der Waals surface area contributed by atoms with Crippen LogP contribution in [0.15, 0.2) is 36.4 Å². The first-order valence-corrected chi connectivity index (χ1v) is 6.40. The Morgan fingerprint density at radius 1 is 1.25 bits per heavy atom. The van der Waals surface area contributed by atoms with Gasteiger partial charge in [0.1, 0.15) is 5.75 Å². The number of hydrogen-bond acceptors (Lipinski definition) is 3. The zero-order chi connectivity index (χ0) is 14.7. The minimum absolute atomic E-state index is 0.228. The molecule has 0 fully saturated rings. The molecule has 2 rings (SSSR count). The Hall–Kier alpha value is -2.20. The molecular formula is C15H15ClN2O2. The molecule has 0 unspecified atom stereocenters. The molecule has 0 heterocycles. The summed E-state index contributed by atoms with van der Waals surface area (Å²) in [6.45, 7) is 1.88. The van der Waals surface area contributed by atoms with Crippen molar-refractivity contribution in [1.29, 1.82) is 0 Å². The van der Waals surface area contributed by atoms with E-state index in [-0.39, 0.29) is 5.91 Å². The van der Waals surface area contributed by atoms with Crippen molar-refractivity contribution in [3.8, 4) is 5.75 Å². The van der Waals surface area contributed by atoms with Crippen LogP contribution in [0.1, 0.15) is 15.9 Å². The van der Waals surface area contributed by atoms with Gasteiger partial charge in [0.2, 0.25) is 0 Å². The van der Waals surface area contributed by atoms with Crippen molar-refractivity contribution in [2.75, 3.05) is 18.2 Å². The summed E-state index contributed by atoms with van der Waals surface area (Å²) in [5.41, 5.74) is 8.31. The molecule has 0 aromatic heterocycles. The fourth-order valence-electron chi connectivity index (χ4n) is 1.81. The Bertz CT molecular complexity index is 656. The molecule has 1 amide bonds. The molecule has 3 N–H and O–H groups in total. The third kappa shape index (κ3) is 3.03. The van der Waals surface area contributed by atoms with Crippen molar-refractivity contribution in [2.45, 2.75) is 6.92 Å². The van der Waals surface area contributed by atoms with Gasteiger partial charge in [-0.3, -0.25) is 4.79 Å². The van der Waals surface area contributed by atoms with E-state index in [2.05, 4.69) is 5.32 Å². The summed E-state index contributed by atoms with van der Waals surface area (Å²) in [4.78, 5) is 12.2. The van der Waals surface area contributed by atoms with Crippen LogP contribution in [0.2, 0.25) is 5.02 Å². The first-order chi connectivity index (χ1) is 9.51. The predicted molar refractivity (Wildman–Crippen MR) is 81.5 cm³/mol. The van der Waals surface area contributed by atoms with Gasteiger partial charge in [0.25, 0.3) is 5.91 Å². The van der Waals surface area contributed by atoms with E-state index in [0.717, 1.165) is 11.3 Å². The second kappa shape index (κ2) is 5.84. The number of nitrogens with two attached hydrogens (primary N) is 1. The summed E-state index contributed by atoms with van der Waals surface area (Å²) < 4.78 is 5.10. The number of methoxy groups -OCH3 is 1. The van der Waals surface area contributed by atoms with Crippen LogP contribution in [0.4, 0.5) is 11.4 Å². The molecule has 104 valence electrons. The zero-order valence-corrected chi connectivity index (χ0v) is 12.0. The van der Waals surface area contributed by atoms with Gasteiger partial charge in [-0.1, -0.05) is 11.6 Å². The van der Waals surface area contributed by atoms with Crippen LogP contribution in [0.25, 0.3) is 0 Å². The van der Waals surface area contributed by atoms with Crippen LogP contribution in [-0.4, -0.2) is 13.0 Å².